The Morgan fingerprint density at radius 3 is 2.74 bits per heavy atom. The van der Waals surface area contributed by atoms with Gasteiger partial charge in [0.2, 0.25) is 0 Å². The van der Waals surface area contributed by atoms with Crippen LogP contribution in [0.25, 0.3) is 0 Å². The van der Waals surface area contributed by atoms with Crippen molar-refractivity contribution in [1.82, 2.24) is 9.78 Å². The van der Waals surface area contributed by atoms with Gasteiger partial charge in [0.05, 0.1) is 5.69 Å². The third-order valence-corrected chi connectivity index (χ3v) is 4.97. The molecule has 19 heavy (non-hydrogen) atoms. The molecule has 0 aliphatic rings. The van der Waals surface area contributed by atoms with E-state index in [9.17, 15) is 0 Å². The summed E-state index contributed by atoms with van der Waals surface area (Å²) in [7, 11) is 0. The van der Waals surface area contributed by atoms with Gasteiger partial charge in [-0.15, -0.1) is 11.3 Å². The molecule has 2 heterocycles. The van der Waals surface area contributed by atoms with Crippen LogP contribution < -0.4 is 5.73 Å². The molecule has 2 unspecified atom stereocenters. The van der Waals surface area contributed by atoms with E-state index in [1.54, 1.807) is 11.3 Å². The fourth-order valence-corrected chi connectivity index (χ4v) is 3.07. The summed E-state index contributed by atoms with van der Waals surface area (Å²) in [4.78, 5) is 2.61. The van der Waals surface area contributed by atoms with Crippen molar-refractivity contribution >= 4 is 11.3 Å². The van der Waals surface area contributed by atoms with Gasteiger partial charge in [0.25, 0.3) is 0 Å². The van der Waals surface area contributed by atoms with Crippen molar-refractivity contribution in [2.75, 3.05) is 0 Å². The summed E-state index contributed by atoms with van der Waals surface area (Å²) in [5.74, 6) is 0. The van der Waals surface area contributed by atoms with Crippen molar-refractivity contribution in [1.29, 1.82) is 0 Å². The lowest BCUT2D eigenvalue weighted by molar-refractivity contribution is 0.472. The maximum Gasteiger partial charge on any atom is 0.0643 e. The zero-order chi connectivity index (χ0) is 14.0. The Balaban J connectivity index is 2.06. The quantitative estimate of drug-likeness (QED) is 0.904. The Morgan fingerprint density at radius 1 is 1.42 bits per heavy atom. The normalized spacial score (nSPS) is 14.6. The van der Waals surface area contributed by atoms with E-state index >= 15 is 0 Å². The van der Waals surface area contributed by atoms with Crippen LogP contribution in [0.1, 0.15) is 53.4 Å². The highest BCUT2D eigenvalue weighted by Gasteiger charge is 2.13. The van der Waals surface area contributed by atoms with E-state index in [4.69, 9.17) is 5.73 Å². The number of aryl methyl sites for hydroxylation is 2. The second-order valence-corrected chi connectivity index (χ2v) is 6.53. The zero-order valence-electron chi connectivity index (χ0n) is 12.2. The molecule has 0 amide bonds. The molecule has 0 spiro atoms. The molecule has 4 heteroatoms. The number of nitrogens with zero attached hydrogens (tertiary/aromatic N) is 2. The van der Waals surface area contributed by atoms with Gasteiger partial charge >= 0.3 is 0 Å². The SMILES string of the molecule is CCC(C)n1ccc(CC(N)c2cc(C)c(C)s2)n1. The Labute approximate surface area is 119 Å². The molecule has 2 atom stereocenters. The molecule has 2 N–H and O–H groups in total. The van der Waals surface area contributed by atoms with E-state index in [1.807, 2.05) is 4.68 Å². The Kier molecular flexibility index (Phi) is 4.42. The first-order chi connectivity index (χ1) is 9.01. The monoisotopic (exact) mass is 277 g/mol. The summed E-state index contributed by atoms with van der Waals surface area (Å²) in [5.41, 5.74) is 8.70. The van der Waals surface area contributed by atoms with Crippen molar-refractivity contribution in [3.8, 4) is 0 Å². The summed E-state index contributed by atoms with van der Waals surface area (Å²) in [6.45, 7) is 8.64. The number of aromatic nitrogens is 2. The second kappa shape index (κ2) is 5.88. The van der Waals surface area contributed by atoms with Gasteiger partial charge in [0.1, 0.15) is 0 Å². The van der Waals surface area contributed by atoms with Gasteiger partial charge < -0.3 is 5.73 Å². The molecule has 0 fully saturated rings. The zero-order valence-corrected chi connectivity index (χ0v) is 13.0. The van der Waals surface area contributed by atoms with Gasteiger partial charge in [0, 0.05) is 34.5 Å². The molecular weight excluding hydrogens is 254 g/mol. The highest BCUT2D eigenvalue weighted by molar-refractivity contribution is 7.12. The second-order valence-electron chi connectivity index (χ2n) is 5.24. The molecule has 2 rings (SSSR count). The molecule has 0 saturated carbocycles. The van der Waals surface area contributed by atoms with Gasteiger partial charge in [-0.25, -0.2) is 0 Å². The predicted molar refractivity (Wildman–Crippen MR) is 81.7 cm³/mol. The van der Waals surface area contributed by atoms with Gasteiger partial charge in [-0.05, 0) is 44.9 Å². The van der Waals surface area contributed by atoms with E-state index < -0.39 is 0 Å². The van der Waals surface area contributed by atoms with Crippen molar-refractivity contribution in [3.05, 3.63) is 39.3 Å². The lowest BCUT2D eigenvalue weighted by atomic mass is 10.1. The van der Waals surface area contributed by atoms with E-state index in [2.05, 4.69) is 51.1 Å². The van der Waals surface area contributed by atoms with Crippen LogP contribution in [-0.2, 0) is 6.42 Å². The molecule has 3 nitrogen and oxygen atoms in total. The van der Waals surface area contributed by atoms with Crippen LogP contribution in [-0.4, -0.2) is 9.78 Å². The van der Waals surface area contributed by atoms with Crippen LogP contribution in [0.5, 0.6) is 0 Å². The maximum absolute atomic E-state index is 6.29. The van der Waals surface area contributed by atoms with Crippen molar-refractivity contribution in [3.63, 3.8) is 0 Å². The van der Waals surface area contributed by atoms with E-state index in [0.29, 0.717) is 6.04 Å². The highest BCUT2D eigenvalue weighted by atomic mass is 32.1. The Morgan fingerprint density at radius 2 is 2.16 bits per heavy atom. The minimum Gasteiger partial charge on any atom is -0.323 e. The van der Waals surface area contributed by atoms with Crippen molar-refractivity contribution in [2.45, 2.75) is 52.6 Å². The van der Waals surface area contributed by atoms with Crippen molar-refractivity contribution in [2.24, 2.45) is 5.73 Å². The molecule has 2 aromatic heterocycles. The summed E-state index contributed by atoms with van der Waals surface area (Å²) < 4.78 is 2.03. The number of hydrogen-bond donors (Lipinski definition) is 1. The first-order valence-corrected chi connectivity index (χ1v) is 7.69. The molecule has 104 valence electrons. The molecular formula is C15H23N3S. The van der Waals surface area contributed by atoms with Gasteiger partial charge in [-0.3, -0.25) is 4.68 Å². The first kappa shape index (κ1) is 14.3. The largest absolute Gasteiger partial charge is 0.323 e. The fourth-order valence-electron chi connectivity index (χ4n) is 2.03. The van der Waals surface area contributed by atoms with E-state index in [0.717, 1.165) is 18.5 Å². The Hall–Kier alpha value is -1.13. The summed E-state index contributed by atoms with van der Waals surface area (Å²) in [6, 6.07) is 4.80. The number of rotatable bonds is 5. The minimum atomic E-state index is 0.0534. The average molecular weight is 277 g/mol. The molecule has 0 aliphatic heterocycles. The minimum absolute atomic E-state index is 0.0534. The molecule has 0 bridgehead atoms. The van der Waals surface area contributed by atoms with E-state index in [1.165, 1.54) is 15.3 Å². The van der Waals surface area contributed by atoms with E-state index in [-0.39, 0.29) is 6.04 Å². The summed E-state index contributed by atoms with van der Waals surface area (Å²) in [5, 5.41) is 4.62. The molecule has 0 radical (unpaired) electrons. The molecule has 0 aromatic carbocycles. The lowest BCUT2D eigenvalue weighted by Gasteiger charge is -2.09. The lowest BCUT2D eigenvalue weighted by Crippen LogP contribution is -2.13. The van der Waals surface area contributed by atoms with Gasteiger partial charge in [0.15, 0.2) is 0 Å². The third-order valence-electron chi connectivity index (χ3n) is 3.69. The van der Waals surface area contributed by atoms with Crippen LogP contribution in [0.3, 0.4) is 0 Å². The van der Waals surface area contributed by atoms with Gasteiger partial charge in [-0.2, -0.15) is 5.10 Å². The highest BCUT2D eigenvalue weighted by Crippen LogP contribution is 2.27. The average Bonchev–Trinajstić information content (AvgIpc) is 2.97. The molecule has 0 aliphatic carbocycles. The van der Waals surface area contributed by atoms with Crippen LogP contribution in [0.2, 0.25) is 0 Å². The Bertz CT molecular complexity index is 522. The van der Waals surface area contributed by atoms with Gasteiger partial charge in [-0.1, -0.05) is 6.92 Å². The maximum atomic E-state index is 6.29. The molecule has 0 saturated heterocycles. The third kappa shape index (κ3) is 3.25. The summed E-state index contributed by atoms with van der Waals surface area (Å²) >= 11 is 1.80. The smallest absolute Gasteiger partial charge is 0.0643 e. The standard InChI is InChI=1S/C15H23N3S/c1-5-11(3)18-7-6-13(17-18)9-14(16)15-8-10(2)12(4)19-15/h6-8,11,14H,5,9,16H2,1-4H3. The topological polar surface area (TPSA) is 43.8 Å². The summed E-state index contributed by atoms with van der Waals surface area (Å²) in [6.07, 6.45) is 3.96. The van der Waals surface area contributed by atoms with Crippen LogP contribution in [0, 0.1) is 13.8 Å². The van der Waals surface area contributed by atoms with Crippen molar-refractivity contribution < 1.29 is 0 Å². The number of thiophene rings is 1. The molecule has 2 aromatic rings. The van der Waals surface area contributed by atoms with Crippen LogP contribution >= 0.6 is 11.3 Å². The number of hydrogen-bond acceptors (Lipinski definition) is 3. The predicted octanol–water partition coefficient (Wildman–Crippen LogP) is 3.77. The number of nitrogens with two attached hydrogens (primary N) is 1. The first-order valence-electron chi connectivity index (χ1n) is 6.87. The van der Waals surface area contributed by atoms with Crippen LogP contribution in [0.15, 0.2) is 18.3 Å². The fraction of sp³-hybridized carbons (Fsp3) is 0.533. The van der Waals surface area contributed by atoms with Crippen LogP contribution in [0.4, 0.5) is 0 Å².